The van der Waals surface area contributed by atoms with Gasteiger partial charge in [-0.3, -0.25) is 4.98 Å². The Balaban J connectivity index is 1.29. The minimum absolute atomic E-state index is 0.232. The number of aromatic nitrogens is 1. The first-order chi connectivity index (χ1) is 14.4. The molecule has 1 aromatic carbocycles. The van der Waals surface area contributed by atoms with Crippen LogP contribution in [-0.4, -0.2) is 60.9 Å². The number of sulfonamides is 1. The largest absolute Gasteiger partial charge is 0.490 e. The predicted molar refractivity (Wildman–Crippen MR) is 117 cm³/mol. The summed E-state index contributed by atoms with van der Waals surface area (Å²) in [5, 5.41) is 0.489. The fourth-order valence-electron chi connectivity index (χ4n) is 4.30. The number of hydrogen-bond acceptors (Lipinski definition) is 5. The first kappa shape index (κ1) is 21.6. The zero-order valence-electron chi connectivity index (χ0n) is 17.2. The highest BCUT2D eigenvalue weighted by atomic mass is 35.5. The first-order valence-corrected chi connectivity index (χ1v) is 12.3. The Labute approximate surface area is 183 Å². The van der Waals surface area contributed by atoms with Crippen molar-refractivity contribution in [3.8, 4) is 5.75 Å². The van der Waals surface area contributed by atoms with Crippen LogP contribution in [0.3, 0.4) is 0 Å². The molecule has 30 heavy (non-hydrogen) atoms. The Morgan fingerprint density at radius 2 is 1.67 bits per heavy atom. The molecule has 0 N–H and O–H groups in total. The highest BCUT2D eigenvalue weighted by molar-refractivity contribution is 7.89. The number of rotatable bonds is 5. The number of pyridine rings is 1. The van der Waals surface area contributed by atoms with Crippen molar-refractivity contribution in [2.75, 3.05) is 26.2 Å². The van der Waals surface area contributed by atoms with Gasteiger partial charge in [0.15, 0.2) is 0 Å². The Hall–Kier alpha value is -1.67. The molecule has 0 saturated carbocycles. The summed E-state index contributed by atoms with van der Waals surface area (Å²) >= 11 is 6.14. The minimum atomic E-state index is -3.49. The van der Waals surface area contributed by atoms with E-state index < -0.39 is 10.0 Å². The van der Waals surface area contributed by atoms with Gasteiger partial charge < -0.3 is 9.64 Å². The van der Waals surface area contributed by atoms with E-state index >= 15 is 0 Å². The monoisotopic (exact) mass is 449 g/mol. The third-order valence-electron chi connectivity index (χ3n) is 6.15. The normalized spacial score (nSPS) is 20.3. The minimum Gasteiger partial charge on any atom is -0.490 e. The van der Waals surface area contributed by atoms with Crippen LogP contribution in [0.2, 0.25) is 5.02 Å². The summed E-state index contributed by atoms with van der Waals surface area (Å²) in [7, 11) is -3.49. The Kier molecular flexibility index (Phi) is 6.63. The smallest absolute Gasteiger partial charge is 0.243 e. The quantitative estimate of drug-likeness (QED) is 0.695. The summed E-state index contributed by atoms with van der Waals surface area (Å²) in [6.45, 7) is 4.94. The van der Waals surface area contributed by atoms with Crippen LogP contribution >= 0.6 is 11.6 Å². The Bertz CT molecular complexity index is 955. The number of likely N-dealkylation sites (tertiary alicyclic amines) is 1. The number of ether oxygens (including phenoxy) is 1. The third-order valence-corrected chi connectivity index (χ3v) is 8.45. The van der Waals surface area contributed by atoms with Crippen LogP contribution in [0.5, 0.6) is 5.75 Å². The van der Waals surface area contributed by atoms with Crippen molar-refractivity contribution in [3.05, 3.63) is 53.3 Å². The number of benzene rings is 1. The molecule has 0 amide bonds. The zero-order chi connectivity index (χ0) is 21.1. The van der Waals surface area contributed by atoms with Crippen LogP contribution in [0.1, 0.15) is 31.2 Å². The summed E-state index contributed by atoms with van der Waals surface area (Å²) in [5.41, 5.74) is 0.880. The number of halogens is 1. The van der Waals surface area contributed by atoms with Crippen molar-refractivity contribution in [1.82, 2.24) is 14.2 Å². The molecule has 0 radical (unpaired) electrons. The molecule has 162 valence electrons. The standard InChI is InChI=1S/C22H28ClN3O3S/c1-17-2-3-21(16-22(17)23)30(27,28)26-14-6-18(7-15-26)25-12-8-20(9-13-25)29-19-4-10-24-11-5-19/h2-5,10-11,16,18,20H,6-9,12-15H2,1H3. The number of aryl methyl sites for hydroxylation is 1. The molecular weight excluding hydrogens is 422 g/mol. The van der Waals surface area contributed by atoms with Gasteiger partial charge in [-0.15, -0.1) is 0 Å². The number of hydrogen-bond donors (Lipinski definition) is 0. The molecule has 2 aromatic rings. The molecule has 8 heteroatoms. The summed E-state index contributed by atoms with van der Waals surface area (Å²) in [6, 6.07) is 9.19. The highest BCUT2D eigenvalue weighted by Gasteiger charge is 2.33. The van der Waals surface area contributed by atoms with Crippen LogP contribution in [0.4, 0.5) is 0 Å². The lowest BCUT2D eigenvalue weighted by Crippen LogP contribution is -2.50. The van der Waals surface area contributed by atoms with Gasteiger partial charge in [0.25, 0.3) is 0 Å². The molecule has 0 spiro atoms. The van der Waals surface area contributed by atoms with Gasteiger partial charge in [-0.2, -0.15) is 4.31 Å². The summed E-state index contributed by atoms with van der Waals surface area (Å²) in [6.07, 6.45) is 7.41. The first-order valence-electron chi connectivity index (χ1n) is 10.5. The molecule has 0 bridgehead atoms. The van der Waals surface area contributed by atoms with Crippen LogP contribution in [-0.2, 0) is 10.0 Å². The van der Waals surface area contributed by atoms with Gasteiger partial charge in [-0.05, 0) is 62.4 Å². The average Bonchev–Trinajstić information content (AvgIpc) is 2.77. The van der Waals surface area contributed by atoms with E-state index in [1.807, 2.05) is 19.1 Å². The van der Waals surface area contributed by atoms with Gasteiger partial charge in [0, 0.05) is 49.6 Å². The van der Waals surface area contributed by atoms with E-state index in [2.05, 4.69) is 9.88 Å². The third kappa shape index (κ3) is 4.80. The molecule has 0 aliphatic carbocycles. The maximum absolute atomic E-state index is 13.0. The van der Waals surface area contributed by atoms with Crippen molar-refractivity contribution in [1.29, 1.82) is 0 Å². The lowest BCUT2D eigenvalue weighted by atomic mass is 10.00. The van der Waals surface area contributed by atoms with E-state index in [4.69, 9.17) is 16.3 Å². The molecule has 2 aliphatic heterocycles. The van der Waals surface area contributed by atoms with Crippen LogP contribution < -0.4 is 4.74 Å². The number of nitrogens with zero attached hydrogens (tertiary/aromatic N) is 3. The molecule has 0 atom stereocenters. The van der Waals surface area contributed by atoms with E-state index in [1.165, 1.54) is 0 Å². The van der Waals surface area contributed by atoms with Crippen LogP contribution in [0, 0.1) is 6.92 Å². The van der Waals surface area contributed by atoms with Gasteiger partial charge in [-0.1, -0.05) is 17.7 Å². The maximum Gasteiger partial charge on any atom is 0.243 e. The maximum atomic E-state index is 13.0. The second kappa shape index (κ2) is 9.22. The van der Waals surface area contributed by atoms with Gasteiger partial charge >= 0.3 is 0 Å². The molecule has 6 nitrogen and oxygen atoms in total. The van der Waals surface area contributed by atoms with E-state index in [1.54, 1.807) is 34.9 Å². The molecule has 2 saturated heterocycles. The lowest BCUT2D eigenvalue weighted by Gasteiger charge is -2.41. The molecular formula is C22H28ClN3O3S. The fraction of sp³-hybridized carbons (Fsp3) is 0.500. The molecule has 2 aliphatic rings. The zero-order valence-corrected chi connectivity index (χ0v) is 18.8. The topological polar surface area (TPSA) is 62.7 Å². The SMILES string of the molecule is Cc1ccc(S(=O)(=O)N2CCC(N3CCC(Oc4ccncc4)CC3)CC2)cc1Cl. The lowest BCUT2D eigenvalue weighted by molar-refractivity contribution is 0.0585. The Morgan fingerprint density at radius 3 is 2.30 bits per heavy atom. The van der Waals surface area contributed by atoms with Gasteiger partial charge in [0.1, 0.15) is 11.9 Å². The van der Waals surface area contributed by atoms with Crippen molar-refractivity contribution in [2.45, 2.75) is 49.6 Å². The Morgan fingerprint density at radius 1 is 1.00 bits per heavy atom. The number of piperidine rings is 2. The fourth-order valence-corrected chi connectivity index (χ4v) is 6.04. The molecule has 4 rings (SSSR count). The van der Waals surface area contributed by atoms with E-state index in [-0.39, 0.29) is 11.0 Å². The summed E-state index contributed by atoms with van der Waals surface area (Å²) < 4.78 is 33.6. The van der Waals surface area contributed by atoms with Crippen molar-refractivity contribution in [3.63, 3.8) is 0 Å². The predicted octanol–water partition coefficient (Wildman–Crippen LogP) is 3.74. The van der Waals surface area contributed by atoms with Crippen LogP contribution in [0.25, 0.3) is 0 Å². The average molecular weight is 450 g/mol. The van der Waals surface area contributed by atoms with E-state index in [0.29, 0.717) is 24.2 Å². The van der Waals surface area contributed by atoms with E-state index in [9.17, 15) is 8.42 Å². The van der Waals surface area contributed by atoms with Crippen molar-refractivity contribution >= 4 is 21.6 Å². The highest BCUT2D eigenvalue weighted by Crippen LogP contribution is 2.28. The van der Waals surface area contributed by atoms with Gasteiger partial charge in [0.05, 0.1) is 4.90 Å². The second-order valence-corrected chi connectivity index (χ2v) is 10.4. The second-order valence-electron chi connectivity index (χ2n) is 8.08. The van der Waals surface area contributed by atoms with Crippen LogP contribution in [0.15, 0.2) is 47.6 Å². The van der Waals surface area contributed by atoms with E-state index in [0.717, 1.165) is 50.1 Å². The molecule has 1 aromatic heterocycles. The molecule has 0 unspecified atom stereocenters. The molecule has 2 fully saturated rings. The summed E-state index contributed by atoms with van der Waals surface area (Å²) in [4.78, 5) is 6.80. The summed E-state index contributed by atoms with van der Waals surface area (Å²) in [5.74, 6) is 0.873. The molecule has 3 heterocycles. The van der Waals surface area contributed by atoms with Crippen molar-refractivity contribution < 1.29 is 13.2 Å². The van der Waals surface area contributed by atoms with Crippen molar-refractivity contribution in [2.24, 2.45) is 0 Å². The van der Waals surface area contributed by atoms with Gasteiger partial charge in [-0.25, -0.2) is 8.42 Å². The van der Waals surface area contributed by atoms with Gasteiger partial charge in [0.2, 0.25) is 10.0 Å².